The summed E-state index contributed by atoms with van der Waals surface area (Å²) in [6.07, 6.45) is 2.55. The normalized spacial score (nSPS) is 18.0. The summed E-state index contributed by atoms with van der Waals surface area (Å²) in [5.41, 5.74) is 4.82. The van der Waals surface area contributed by atoms with Gasteiger partial charge in [-0.2, -0.15) is 0 Å². The Balaban J connectivity index is 1.60. The summed E-state index contributed by atoms with van der Waals surface area (Å²) in [4.78, 5) is 17.1. The van der Waals surface area contributed by atoms with E-state index in [1.54, 1.807) is 0 Å². The van der Waals surface area contributed by atoms with Crippen molar-refractivity contribution in [1.82, 2.24) is 5.32 Å². The molecule has 1 N–H and O–H groups in total. The summed E-state index contributed by atoms with van der Waals surface area (Å²) in [7, 11) is 0. The molecule has 1 amide bonds. The molecule has 0 unspecified atom stereocenters. The Kier molecular flexibility index (Phi) is 4.70. The zero-order chi connectivity index (χ0) is 17.1. The number of benzene rings is 2. The standard InChI is InChI=1S/C21H25N3O/c25-21-10-4-7-18-6-1-2-9-20(18)24(21)16-17-5-3-8-19(15-17)23-13-11-22-12-14-23/h1-3,5-6,8-9,15,22H,4,7,10-14,16H2. The summed E-state index contributed by atoms with van der Waals surface area (Å²) in [5, 5.41) is 3.39. The lowest BCUT2D eigenvalue weighted by atomic mass is 10.1. The number of para-hydroxylation sites is 1. The van der Waals surface area contributed by atoms with Crippen molar-refractivity contribution in [3.8, 4) is 0 Å². The number of carbonyl (C=O) groups is 1. The molecular formula is C21H25N3O. The molecule has 2 aliphatic heterocycles. The van der Waals surface area contributed by atoms with Crippen molar-refractivity contribution in [2.45, 2.75) is 25.8 Å². The second kappa shape index (κ2) is 7.28. The highest BCUT2D eigenvalue weighted by atomic mass is 16.2. The topological polar surface area (TPSA) is 35.6 Å². The third kappa shape index (κ3) is 3.54. The largest absolute Gasteiger partial charge is 0.369 e. The maximum atomic E-state index is 12.7. The molecule has 4 heteroatoms. The number of nitrogens with one attached hydrogen (secondary N) is 1. The van der Waals surface area contributed by atoms with Gasteiger partial charge in [-0.15, -0.1) is 0 Å². The molecule has 1 saturated heterocycles. The minimum atomic E-state index is 0.234. The molecule has 4 nitrogen and oxygen atoms in total. The Bertz CT molecular complexity index is 752. The summed E-state index contributed by atoms with van der Waals surface area (Å²) in [6, 6.07) is 17.0. The Morgan fingerprint density at radius 2 is 1.80 bits per heavy atom. The van der Waals surface area contributed by atoms with Crippen molar-refractivity contribution in [1.29, 1.82) is 0 Å². The predicted molar refractivity (Wildman–Crippen MR) is 102 cm³/mol. The zero-order valence-corrected chi connectivity index (χ0v) is 14.6. The lowest BCUT2D eigenvalue weighted by Gasteiger charge is -2.30. The van der Waals surface area contributed by atoms with Crippen LogP contribution in [0.1, 0.15) is 24.0 Å². The van der Waals surface area contributed by atoms with E-state index in [4.69, 9.17) is 0 Å². The maximum Gasteiger partial charge on any atom is 0.227 e. The van der Waals surface area contributed by atoms with E-state index in [1.807, 2.05) is 11.0 Å². The number of amides is 1. The third-order valence-corrected chi connectivity index (χ3v) is 5.15. The second-order valence-corrected chi connectivity index (χ2v) is 6.87. The van der Waals surface area contributed by atoms with E-state index >= 15 is 0 Å². The van der Waals surface area contributed by atoms with Crippen LogP contribution in [0.4, 0.5) is 11.4 Å². The fraction of sp³-hybridized carbons (Fsp3) is 0.381. The number of fused-ring (bicyclic) bond motifs is 1. The lowest BCUT2D eigenvalue weighted by Crippen LogP contribution is -2.43. The molecule has 0 bridgehead atoms. The van der Waals surface area contributed by atoms with Gasteiger partial charge in [-0.25, -0.2) is 0 Å². The van der Waals surface area contributed by atoms with Gasteiger partial charge in [0.25, 0.3) is 0 Å². The Hall–Kier alpha value is -2.33. The first-order chi connectivity index (χ1) is 12.3. The van der Waals surface area contributed by atoms with E-state index < -0.39 is 0 Å². The highest BCUT2D eigenvalue weighted by Crippen LogP contribution is 2.29. The average Bonchev–Trinajstić information content (AvgIpc) is 2.82. The van der Waals surface area contributed by atoms with Gasteiger partial charge in [-0.1, -0.05) is 30.3 Å². The molecule has 1 fully saturated rings. The van der Waals surface area contributed by atoms with E-state index in [0.717, 1.165) is 44.7 Å². The number of aryl methyl sites for hydroxylation is 1. The zero-order valence-electron chi connectivity index (χ0n) is 14.6. The summed E-state index contributed by atoms with van der Waals surface area (Å²) < 4.78 is 0. The van der Waals surface area contributed by atoms with Crippen molar-refractivity contribution in [2.75, 3.05) is 36.0 Å². The minimum absolute atomic E-state index is 0.234. The van der Waals surface area contributed by atoms with Crippen LogP contribution in [0.2, 0.25) is 0 Å². The Labute approximate surface area is 149 Å². The lowest BCUT2D eigenvalue weighted by molar-refractivity contribution is -0.118. The van der Waals surface area contributed by atoms with Crippen LogP contribution in [0.25, 0.3) is 0 Å². The van der Waals surface area contributed by atoms with E-state index in [2.05, 4.69) is 52.7 Å². The quantitative estimate of drug-likeness (QED) is 0.937. The van der Waals surface area contributed by atoms with Gasteiger partial charge in [0.15, 0.2) is 0 Å². The van der Waals surface area contributed by atoms with Crippen molar-refractivity contribution in [2.24, 2.45) is 0 Å². The van der Waals surface area contributed by atoms with E-state index in [1.165, 1.54) is 16.8 Å². The van der Waals surface area contributed by atoms with E-state index in [9.17, 15) is 4.79 Å². The summed E-state index contributed by atoms with van der Waals surface area (Å²) in [6.45, 7) is 4.78. The van der Waals surface area contributed by atoms with Gasteiger partial charge >= 0.3 is 0 Å². The molecule has 0 spiro atoms. The van der Waals surface area contributed by atoms with Gasteiger partial charge in [-0.3, -0.25) is 4.79 Å². The van der Waals surface area contributed by atoms with Gasteiger partial charge in [0.05, 0.1) is 6.54 Å². The number of nitrogens with zero attached hydrogens (tertiary/aromatic N) is 2. The molecule has 0 saturated carbocycles. The SMILES string of the molecule is O=C1CCCc2ccccc2N1Cc1cccc(N2CCNCC2)c1. The molecule has 0 aromatic heterocycles. The Morgan fingerprint density at radius 1 is 0.960 bits per heavy atom. The highest BCUT2D eigenvalue weighted by molar-refractivity contribution is 5.94. The van der Waals surface area contributed by atoms with Crippen molar-refractivity contribution in [3.63, 3.8) is 0 Å². The number of carbonyl (C=O) groups excluding carboxylic acids is 1. The van der Waals surface area contributed by atoms with Crippen LogP contribution in [-0.4, -0.2) is 32.1 Å². The fourth-order valence-corrected chi connectivity index (χ4v) is 3.82. The monoisotopic (exact) mass is 335 g/mol. The number of rotatable bonds is 3. The van der Waals surface area contributed by atoms with E-state index in [0.29, 0.717) is 13.0 Å². The van der Waals surface area contributed by atoms with Crippen LogP contribution in [0.3, 0.4) is 0 Å². The van der Waals surface area contributed by atoms with Crippen LogP contribution in [0.5, 0.6) is 0 Å². The number of anilines is 2. The van der Waals surface area contributed by atoms with Crippen LogP contribution < -0.4 is 15.1 Å². The van der Waals surface area contributed by atoms with Crippen molar-refractivity contribution in [3.05, 3.63) is 59.7 Å². The number of piperazine rings is 1. The first-order valence-electron chi connectivity index (χ1n) is 9.24. The van der Waals surface area contributed by atoms with Crippen LogP contribution in [-0.2, 0) is 17.8 Å². The number of hydrogen-bond donors (Lipinski definition) is 1. The molecule has 0 aliphatic carbocycles. The van der Waals surface area contributed by atoms with Gasteiger partial charge in [-0.05, 0) is 42.2 Å². The molecule has 0 atom stereocenters. The molecule has 2 heterocycles. The highest BCUT2D eigenvalue weighted by Gasteiger charge is 2.22. The predicted octanol–water partition coefficient (Wildman–Crippen LogP) is 2.97. The van der Waals surface area contributed by atoms with Crippen LogP contribution in [0.15, 0.2) is 48.5 Å². The summed E-state index contributed by atoms with van der Waals surface area (Å²) in [5.74, 6) is 0.234. The first-order valence-corrected chi connectivity index (χ1v) is 9.24. The Morgan fingerprint density at radius 3 is 2.68 bits per heavy atom. The molecule has 130 valence electrons. The molecule has 25 heavy (non-hydrogen) atoms. The molecular weight excluding hydrogens is 310 g/mol. The van der Waals surface area contributed by atoms with Gasteiger partial charge < -0.3 is 15.1 Å². The molecule has 2 aromatic rings. The molecule has 2 aromatic carbocycles. The van der Waals surface area contributed by atoms with Gasteiger partial charge in [0.1, 0.15) is 0 Å². The third-order valence-electron chi connectivity index (χ3n) is 5.15. The molecule has 0 radical (unpaired) electrons. The van der Waals surface area contributed by atoms with E-state index in [-0.39, 0.29) is 5.91 Å². The van der Waals surface area contributed by atoms with Crippen LogP contribution in [0, 0.1) is 0 Å². The maximum absolute atomic E-state index is 12.7. The average molecular weight is 335 g/mol. The molecule has 4 rings (SSSR count). The number of hydrogen-bond acceptors (Lipinski definition) is 3. The molecule has 2 aliphatic rings. The van der Waals surface area contributed by atoms with Gasteiger partial charge in [0, 0.05) is 44.0 Å². The second-order valence-electron chi connectivity index (χ2n) is 6.87. The smallest absolute Gasteiger partial charge is 0.227 e. The minimum Gasteiger partial charge on any atom is -0.369 e. The van der Waals surface area contributed by atoms with Gasteiger partial charge in [0.2, 0.25) is 5.91 Å². The summed E-state index contributed by atoms with van der Waals surface area (Å²) >= 11 is 0. The van der Waals surface area contributed by atoms with Crippen molar-refractivity contribution >= 4 is 17.3 Å². The fourth-order valence-electron chi connectivity index (χ4n) is 3.82. The van der Waals surface area contributed by atoms with Crippen LogP contribution >= 0.6 is 0 Å². The van der Waals surface area contributed by atoms with Crippen molar-refractivity contribution < 1.29 is 4.79 Å². The first kappa shape index (κ1) is 16.2.